The van der Waals surface area contributed by atoms with Crippen molar-refractivity contribution in [3.8, 4) is 0 Å². The summed E-state index contributed by atoms with van der Waals surface area (Å²) in [5, 5.41) is 3.13. The third-order valence-electron chi connectivity index (χ3n) is 5.48. The lowest BCUT2D eigenvalue weighted by atomic mass is 9.88. The summed E-state index contributed by atoms with van der Waals surface area (Å²) in [5.74, 6) is 0.511. The number of rotatable bonds is 5. The third kappa shape index (κ3) is 5.07. The van der Waals surface area contributed by atoms with Crippen LogP contribution in [0.15, 0.2) is 24.3 Å². The molecular weight excluding hydrogens is 284 g/mol. The number of piperidine rings is 1. The lowest BCUT2D eigenvalue weighted by molar-refractivity contribution is -0.918. The minimum atomic E-state index is 0.255. The van der Waals surface area contributed by atoms with E-state index in [4.69, 9.17) is 0 Å². The van der Waals surface area contributed by atoms with Gasteiger partial charge in [0, 0.05) is 18.0 Å². The maximum Gasteiger partial charge on any atom is 0.223 e. The first-order valence-corrected chi connectivity index (χ1v) is 9.50. The van der Waals surface area contributed by atoms with E-state index < -0.39 is 0 Å². The summed E-state index contributed by atoms with van der Waals surface area (Å²) >= 11 is 0. The molecule has 1 saturated carbocycles. The smallest absolute Gasteiger partial charge is 0.223 e. The van der Waals surface area contributed by atoms with E-state index in [1.807, 2.05) is 0 Å². The van der Waals surface area contributed by atoms with Crippen molar-refractivity contribution in [3.63, 3.8) is 0 Å². The topological polar surface area (TPSA) is 33.5 Å². The summed E-state index contributed by atoms with van der Waals surface area (Å²) in [6, 6.07) is 8.84. The normalized spacial score (nSPS) is 20.3. The molecule has 3 rings (SSSR count). The second kappa shape index (κ2) is 8.49. The summed E-state index contributed by atoms with van der Waals surface area (Å²) in [7, 11) is 0. The van der Waals surface area contributed by atoms with Gasteiger partial charge in [0.2, 0.25) is 5.91 Å². The molecule has 1 heterocycles. The molecule has 1 aromatic rings. The summed E-state index contributed by atoms with van der Waals surface area (Å²) < 4.78 is 0. The number of carbonyl (C=O) groups excluding carboxylic acids is 1. The quantitative estimate of drug-likeness (QED) is 0.860. The number of amides is 1. The fraction of sp³-hybridized carbons (Fsp3) is 0.650. The van der Waals surface area contributed by atoms with Gasteiger partial charge in [-0.25, -0.2) is 0 Å². The number of quaternary nitrogens is 1. The molecular formula is C20H31N2O+. The van der Waals surface area contributed by atoms with Gasteiger partial charge < -0.3 is 10.2 Å². The van der Waals surface area contributed by atoms with Crippen LogP contribution in [0.1, 0.15) is 62.5 Å². The van der Waals surface area contributed by atoms with Gasteiger partial charge in [0.05, 0.1) is 13.1 Å². The first kappa shape index (κ1) is 16.5. The Morgan fingerprint density at radius 2 is 1.52 bits per heavy atom. The van der Waals surface area contributed by atoms with Gasteiger partial charge in [-0.05, 0) is 37.7 Å². The van der Waals surface area contributed by atoms with E-state index in [-0.39, 0.29) is 11.8 Å². The van der Waals surface area contributed by atoms with Crippen LogP contribution in [0.2, 0.25) is 0 Å². The van der Waals surface area contributed by atoms with Crippen molar-refractivity contribution in [3.05, 3.63) is 35.4 Å². The highest BCUT2D eigenvalue weighted by Gasteiger charge is 2.20. The Hall–Kier alpha value is -1.35. The minimum absolute atomic E-state index is 0.255. The first-order chi connectivity index (χ1) is 11.3. The Balaban J connectivity index is 1.44. The van der Waals surface area contributed by atoms with Crippen molar-refractivity contribution in [2.24, 2.45) is 5.92 Å². The van der Waals surface area contributed by atoms with Gasteiger partial charge in [-0.3, -0.25) is 4.79 Å². The Bertz CT molecular complexity index is 485. The van der Waals surface area contributed by atoms with Gasteiger partial charge in [-0.2, -0.15) is 0 Å². The van der Waals surface area contributed by atoms with Crippen molar-refractivity contribution < 1.29 is 9.69 Å². The maximum absolute atomic E-state index is 12.2. The zero-order chi connectivity index (χ0) is 15.9. The Labute approximate surface area is 140 Å². The minimum Gasteiger partial charge on any atom is -0.352 e. The van der Waals surface area contributed by atoms with Crippen molar-refractivity contribution in [2.45, 2.75) is 64.5 Å². The van der Waals surface area contributed by atoms with E-state index in [0.29, 0.717) is 6.54 Å². The van der Waals surface area contributed by atoms with Crippen molar-refractivity contribution in [2.75, 3.05) is 13.1 Å². The largest absolute Gasteiger partial charge is 0.352 e. The SMILES string of the molecule is O=C(NCc1ccc(C[NH+]2CCCCC2)cc1)C1CCCCC1. The van der Waals surface area contributed by atoms with E-state index in [9.17, 15) is 4.79 Å². The van der Waals surface area contributed by atoms with Crippen molar-refractivity contribution in [1.82, 2.24) is 5.32 Å². The van der Waals surface area contributed by atoms with Gasteiger partial charge in [0.15, 0.2) is 0 Å². The molecule has 0 radical (unpaired) electrons. The Morgan fingerprint density at radius 1 is 0.913 bits per heavy atom. The molecule has 3 nitrogen and oxygen atoms in total. The van der Waals surface area contributed by atoms with Crippen LogP contribution in [0.5, 0.6) is 0 Å². The molecule has 0 atom stereocenters. The highest BCUT2D eigenvalue weighted by Crippen LogP contribution is 2.23. The number of hydrogen-bond acceptors (Lipinski definition) is 1. The van der Waals surface area contributed by atoms with Crippen LogP contribution in [-0.2, 0) is 17.9 Å². The molecule has 0 aromatic heterocycles. The summed E-state index contributed by atoms with van der Waals surface area (Å²) in [6.45, 7) is 4.46. The average Bonchev–Trinajstić information content (AvgIpc) is 2.62. The summed E-state index contributed by atoms with van der Waals surface area (Å²) in [4.78, 5) is 13.9. The molecule has 1 aromatic carbocycles. The van der Waals surface area contributed by atoms with E-state index in [0.717, 1.165) is 19.4 Å². The van der Waals surface area contributed by atoms with Crippen LogP contribution in [0.3, 0.4) is 0 Å². The van der Waals surface area contributed by atoms with Crippen LogP contribution in [0.25, 0.3) is 0 Å². The molecule has 1 saturated heterocycles. The third-order valence-corrected chi connectivity index (χ3v) is 5.48. The molecule has 1 aliphatic heterocycles. The number of benzene rings is 1. The van der Waals surface area contributed by atoms with E-state index in [1.54, 1.807) is 4.90 Å². The van der Waals surface area contributed by atoms with Crippen LogP contribution >= 0.6 is 0 Å². The molecule has 3 heteroatoms. The Kier molecular flexibility index (Phi) is 6.09. The van der Waals surface area contributed by atoms with Crippen LogP contribution in [-0.4, -0.2) is 19.0 Å². The van der Waals surface area contributed by atoms with E-state index in [1.165, 1.54) is 62.7 Å². The lowest BCUT2D eigenvalue weighted by Crippen LogP contribution is -3.11. The number of hydrogen-bond donors (Lipinski definition) is 2. The average molecular weight is 315 g/mol. The molecule has 0 unspecified atom stereocenters. The molecule has 126 valence electrons. The first-order valence-electron chi connectivity index (χ1n) is 9.50. The number of likely N-dealkylation sites (tertiary alicyclic amines) is 1. The van der Waals surface area contributed by atoms with Crippen LogP contribution in [0.4, 0.5) is 0 Å². The molecule has 2 aliphatic rings. The zero-order valence-corrected chi connectivity index (χ0v) is 14.3. The monoisotopic (exact) mass is 315 g/mol. The number of nitrogens with one attached hydrogen (secondary N) is 2. The zero-order valence-electron chi connectivity index (χ0n) is 14.3. The van der Waals surface area contributed by atoms with Gasteiger partial charge in [0.25, 0.3) is 0 Å². The van der Waals surface area contributed by atoms with Gasteiger partial charge in [-0.1, -0.05) is 43.5 Å². The van der Waals surface area contributed by atoms with E-state index in [2.05, 4.69) is 29.6 Å². The van der Waals surface area contributed by atoms with Crippen molar-refractivity contribution in [1.29, 1.82) is 0 Å². The second-order valence-electron chi connectivity index (χ2n) is 7.36. The fourth-order valence-corrected chi connectivity index (χ4v) is 3.99. The van der Waals surface area contributed by atoms with Crippen molar-refractivity contribution >= 4 is 5.91 Å². The fourth-order valence-electron chi connectivity index (χ4n) is 3.99. The second-order valence-corrected chi connectivity index (χ2v) is 7.36. The van der Waals surface area contributed by atoms with E-state index >= 15 is 0 Å². The summed E-state index contributed by atoms with van der Waals surface area (Å²) in [6.07, 6.45) is 10.0. The predicted molar refractivity (Wildman–Crippen MR) is 93.1 cm³/mol. The van der Waals surface area contributed by atoms with Gasteiger partial charge in [0.1, 0.15) is 6.54 Å². The molecule has 0 spiro atoms. The van der Waals surface area contributed by atoms with Crippen LogP contribution < -0.4 is 10.2 Å². The summed E-state index contributed by atoms with van der Waals surface area (Å²) in [5.41, 5.74) is 2.64. The maximum atomic E-state index is 12.2. The molecule has 1 amide bonds. The van der Waals surface area contributed by atoms with Gasteiger partial charge in [-0.15, -0.1) is 0 Å². The number of carbonyl (C=O) groups is 1. The molecule has 2 N–H and O–H groups in total. The highest BCUT2D eigenvalue weighted by atomic mass is 16.1. The molecule has 0 bridgehead atoms. The molecule has 2 fully saturated rings. The van der Waals surface area contributed by atoms with Gasteiger partial charge >= 0.3 is 0 Å². The molecule has 23 heavy (non-hydrogen) atoms. The molecule has 1 aliphatic carbocycles. The Morgan fingerprint density at radius 3 is 2.22 bits per heavy atom. The highest BCUT2D eigenvalue weighted by molar-refractivity contribution is 5.78. The standard InChI is InChI=1S/C20H30N2O/c23-20(19-7-3-1-4-8-19)21-15-17-9-11-18(12-10-17)16-22-13-5-2-6-14-22/h9-12,19H,1-8,13-16H2,(H,21,23)/p+1. The van der Waals surface area contributed by atoms with Crippen LogP contribution in [0, 0.1) is 5.92 Å². The predicted octanol–water partition coefficient (Wildman–Crippen LogP) is 2.45. The lowest BCUT2D eigenvalue weighted by Gasteiger charge is -2.23.